The van der Waals surface area contributed by atoms with Crippen LogP contribution in [0.1, 0.15) is 19.3 Å². The van der Waals surface area contributed by atoms with Gasteiger partial charge in [0.15, 0.2) is 0 Å². The molecule has 0 aromatic heterocycles. The Kier molecular flexibility index (Phi) is 13.5. The van der Waals surface area contributed by atoms with Gasteiger partial charge in [-0.3, -0.25) is 0 Å². The van der Waals surface area contributed by atoms with Gasteiger partial charge in [-0.15, -0.1) is 0 Å². The van der Waals surface area contributed by atoms with Gasteiger partial charge in [0.2, 0.25) is 0 Å². The molecule has 250 valence electrons. The van der Waals surface area contributed by atoms with Crippen LogP contribution in [0.2, 0.25) is 0 Å². The summed E-state index contributed by atoms with van der Waals surface area (Å²) in [5, 5.41) is 27.6. The lowest BCUT2D eigenvalue weighted by atomic mass is 9.83. The van der Waals surface area contributed by atoms with E-state index in [4.69, 9.17) is 10.2 Å². The second-order valence-electron chi connectivity index (χ2n) is 8.34. The van der Waals surface area contributed by atoms with E-state index in [1.54, 1.807) is 0 Å². The van der Waals surface area contributed by atoms with Crippen molar-refractivity contribution in [3.05, 3.63) is 0 Å². The highest BCUT2D eigenvalue weighted by Crippen LogP contribution is 2.66. The molecule has 1 atom stereocenters. The molecule has 0 radical (unpaired) electrons. The SMILES string of the molecule is OCCC(CCO)[NH2+]CC(O)CC(F)(F)C(F)(F)C(F)(F)C(F)(F)C(F)(F)C(F)(F)C(F)(C(F)(F)F)C(F)(F)F.[I-]. The second kappa shape index (κ2) is 13.1. The molecular formula is C17H19F19INO3. The molecule has 0 aliphatic rings. The number of aliphatic hydroxyl groups is 3. The summed E-state index contributed by atoms with van der Waals surface area (Å²) in [5.41, 5.74) is -8.79. The Morgan fingerprint density at radius 2 is 0.829 bits per heavy atom. The number of aliphatic hydroxyl groups excluding tert-OH is 3. The Bertz CT molecular complexity index is 813. The zero-order valence-corrected chi connectivity index (χ0v) is 21.5. The van der Waals surface area contributed by atoms with E-state index in [2.05, 4.69) is 0 Å². The van der Waals surface area contributed by atoms with Crippen molar-refractivity contribution in [1.82, 2.24) is 0 Å². The number of hydrogen-bond acceptors (Lipinski definition) is 3. The Balaban J connectivity index is 0. The van der Waals surface area contributed by atoms with Gasteiger partial charge >= 0.3 is 53.6 Å². The topological polar surface area (TPSA) is 77.3 Å². The number of alkyl halides is 19. The smallest absolute Gasteiger partial charge is 0.438 e. The van der Waals surface area contributed by atoms with Gasteiger partial charge in [0, 0.05) is 32.5 Å². The summed E-state index contributed by atoms with van der Waals surface area (Å²) in [6.45, 7) is -2.52. The fraction of sp³-hybridized carbons (Fsp3) is 1.00. The molecule has 4 nitrogen and oxygen atoms in total. The molecule has 0 rings (SSSR count). The van der Waals surface area contributed by atoms with Gasteiger partial charge < -0.3 is 44.6 Å². The third kappa shape index (κ3) is 7.15. The van der Waals surface area contributed by atoms with Crippen LogP contribution < -0.4 is 29.3 Å². The molecule has 0 bridgehead atoms. The zero-order valence-electron chi connectivity index (χ0n) is 19.4. The van der Waals surface area contributed by atoms with Crippen molar-refractivity contribution in [2.75, 3.05) is 19.8 Å². The van der Waals surface area contributed by atoms with Gasteiger partial charge in [0.1, 0.15) is 12.6 Å². The lowest BCUT2D eigenvalue weighted by molar-refractivity contribution is -0.696. The minimum atomic E-state index is -9.09. The summed E-state index contributed by atoms with van der Waals surface area (Å²) < 4.78 is 253. The Morgan fingerprint density at radius 1 is 0.512 bits per heavy atom. The van der Waals surface area contributed by atoms with Crippen molar-refractivity contribution >= 4 is 0 Å². The molecule has 0 aromatic carbocycles. The quantitative estimate of drug-likeness (QED) is 0.149. The highest BCUT2D eigenvalue weighted by atomic mass is 127. The number of rotatable bonds is 15. The zero-order chi connectivity index (χ0) is 32.6. The molecular weight excluding hydrogens is 754 g/mol. The number of halogens is 20. The minimum absolute atomic E-state index is 0. The van der Waals surface area contributed by atoms with Gasteiger partial charge in [-0.2, -0.15) is 79.0 Å². The highest BCUT2D eigenvalue weighted by molar-refractivity contribution is 5.19. The lowest BCUT2D eigenvalue weighted by Crippen LogP contribution is -3.00. The summed E-state index contributed by atoms with van der Waals surface area (Å²) in [7, 11) is 0. The Labute approximate surface area is 233 Å². The third-order valence-electron chi connectivity index (χ3n) is 5.48. The number of hydrogen-bond donors (Lipinski definition) is 4. The van der Waals surface area contributed by atoms with E-state index in [1.807, 2.05) is 0 Å². The van der Waals surface area contributed by atoms with Crippen molar-refractivity contribution in [1.29, 1.82) is 0 Å². The molecule has 1 unspecified atom stereocenters. The Morgan fingerprint density at radius 3 is 1.15 bits per heavy atom. The predicted molar refractivity (Wildman–Crippen MR) is 90.2 cm³/mol. The van der Waals surface area contributed by atoms with Crippen molar-refractivity contribution < 1.29 is 128 Å². The van der Waals surface area contributed by atoms with Crippen LogP contribution in [0.4, 0.5) is 83.4 Å². The second-order valence-corrected chi connectivity index (χ2v) is 8.34. The van der Waals surface area contributed by atoms with Crippen LogP contribution in [0.15, 0.2) is 0 Å². The lowest BCUT2D eigenvalue weighted by Gasteiger charge is -2.45. The van der Waals surface area contributed by atoms with Crippen LogP contribution in [-0.2, 0) is 0 Å². The Hall–Kier alpha value is -0.760. The molecule has 0 aliphatic carbocycles. The maximum Gasteiger partial charge on any atom is 0.438 e. The fourth-order valence-corrected chi connectivity index (χ4v) is 3.12. The molecule has 0 fully saturated rings. The van der Waals surface area contributed by atoms with Crippen LogP contribution in [0.25, 0.3) is 0 Å². The number of quaternary nitrogens is 1. The molecule has 0 amide bonds. The molecule has 0 heterocycles. The summed E-state index contributed by atoms with van der Waals surface area (Å²) in [5.74, 6) is -50.6. The van der Waals surface area contributed by atoms with E-state index in [9.17, 15) is 88.5 Å². The van der Waals surface area contributed by atoms with Crippen molar-refractivity contribution in [2.45, 2.75) is 85.0 Å². The highest BCUT2D eigenvalue weighted by Gasteiger charge is 2.98. The molecule has 41 heavy (non-hydrogen) atoms. The van der Waals surface area contributed by atoms with E-state index >= 15 is 0 Å². The first kappa shape index (κ1) is 42.4. The molecule has 5 N–H and O–H groups in total. The van der Waals surface area contributed by atoms with Gasteiger partial charge in [0.05, 0.1) is 6.04 Å². The summed E-state index contributed by atoms with van der Waals surface area (Å²) in [4.78, 5) is 0. The molecule has 0 saturated carbocycles. The van der Waals surface area contributed by atoms with E-state index in [-0.39, 0.29) is 36.8 Å². The maximum atomic E-state index is 13.9. The van der Waals surface area contributed by atoms with Gasteiger partial charge in [-0.05, 0) is 0 Å². The minimum Gasteiger partial charge on any atom is -1.00 e. The largest absolute Gasteiger partial charge is 1.00 e. The van der Waals surface area contributed by atoms with Crippen LogP contribution in [-0.4, -0.2) is 101 Å². The van der Waals surface area contributed by atoms with E-state index < -0.39 is 91.9 Å². The molecule has 0 aliphatic heterocycles. The van der Waals surface area contributed by atoms with Crippen LogP contribution in [0, 0.1) is 0 Å². The van der Waals surface area contributed by atoms with Gasteiger partial charge in [-0.1, -0.05) is 0 Å². The van der Waals surface area contributed by atoms with Crippen molar-refractivity contribution in [3.8, 4) is 0 Å². The predicted octanol–water partition coefficient (Wildman–Crippen LogP) is 1.08. The van der Waals surface area contributed by atoms with Crippen LogP contribution in [0.5, 0.6) is 0 Å². The standard InChI is InChI=1S/C17H18F19NO3.HI/c18-9(19,5-8(40)6-37-7(1-3-38)2-4-39)11(21,22)13(25,26)15(29,30)14(27,28)12(23,24)10(20,16(31,32)33)17(34,35)36;/h7-8,37-40H,1-6H2;1H. The fourth-order valence-electron chi connectivity index (χ4n) is 3.12. The molecule has 0 spiro atoms. The average molecular weight is 773 g/mol. The van der Waals surface area contributed by atoms with Crippen LogP contribution in [0.3, 0.4) is 0 Å². The van der Waals surface area contributed by atoms with Crippen molar-refractivity contribution in [3.63, 3.8) is 0 Å². The van der Waals surface area contributed by atoms with Crippen molar-refractivity contribution in [2.24, 2.45) is 0 Å². The summed E-state index contributed by atoms with van der Waals surface area (Å²) in [6, 6.07) is -0.964. The molecule has 0 saturated heterocycles. The van der Waals surface area contributed by atoms with Crippen LogP contribution >= 0.6 is 0 Å². The number of nitrogens with two attached hydrogens (primary N) is 1. The summed E-state index contributed by atoms with van der Waals surface area (Å²) in [6.07, 6.45) is -23.2. The third-order valence-corrected chi connectivity index (χ3v) is 5.48. The van der Waals surface area contributed by atoms with E-state index in [1.165, 1.54) is 0 Å². The molecule has 24 heteroatoms. The monoisotopic (exact) mass is 773 g/mol. The van der Waals surface area contributed by atoms with E-state index in [0.29, 0.717) is 0 Å². The maximum absolute atomic E-state index is 13.9. The molecule has 0 aromatic rings. The normalized spacial score (nSPS) is 16.2. The summed E-state index contributed by atoms with van der Waals surface area (Å²) >= 11 is 0. The van der Waals surface area contributed by atoms with E-state index in [0.717, 1.165) is 5.32 Å². The first-order chi connectivity index (χ1) is 17.4. The first-order valence-electron chi connectivity index (χ1n) is 10.2. The van der Waals surface area contributed by atoms with Gasteiger partial charge in [0.25, 0.3) is 0 Å². The van der Waals surface area contributed by atoms with Gasteiger partial charge in [-0.25, -0.2) is 4.39 Å². The average Bonchev–Trinajstić information content (AvgIpc) is 2.74. The first-order valence-corrected chi connectivity index (χ1v) is 10.2.